The van der Waals surface area contributed by atoms with Crippen molar-refractivity contribution in [3.05, 3.63) is 29.8 Å². The summed E-state index contributed by atoms with van der Waals surface area (Å²) in [6.45, 7) is 11.5. The Morgan fingerprint density at radius 3 is 2.80 bits per heavy atom. The van der Waals surface area contributed by atoms with Crippen LogP contribution in [0, 0.1) is 6.92 Å². The third-order valence-corrected chi connectivity index (χ3v) is 6.11. The molecule has 2 unspecified atom stereocenters. The molecule has 6 heteroatoms. The molecule has 2 aliphatic rings. The number of unbranched alkanes of at least 4 members (excludes halogenated alkanes) is 1. The maximum absolute atomic E-state index is 12.2. The topological polar surface area (TPSA) is 54.0 Å². The van der Waals surface area contributed by atoms with Gasteiger partial charge in [-0.1, -0.05) is 12.1 Å². The molecule has 0 aromatic heterocycles. The van der Waals surface area contributed by atoms with E-state index in [9.17, 15) is 4.79 Å². The van der Waals surface area contributed by atoms with Crippen molar-refractivity contribution >= 4 is 11.6 Å². The summed E-state index contributed by atoms with van der Waals surface area (Å²) < 4.78 is 11.4. The fraction of sp³-hybridized carbons (Fsp3) is 0.708. The molecule has 1 aromatic carbocycles. The minimum Gasteiger partial charge on any atom is -0.376 e. The van der Waals surface area contributed by atoms with Crippen molar-refractivity contribution in [3.8, 4) is 0 Å². The molecule has 3 rings (SSSR count). The number of anilines is 1. The molecule has 2 fully saturated rings. The van der Waals surface area contributed by atoms with Gasteiger partial charge in [-0.05, 0) is 70.2 Å². The Balaban J connectivity index is 1.22. The monoisotopic (exact) mass is 417 g/mol. The number of nitrogens with zero attached hydrogens (tertiary/aromatic N) is 2. The number of piperazine rings is 1. The van der Waals surface area contributed by atoms with E-state index in [1.807, 2.05) is 6.92 Å². The summed E-state index contributed by atoms with van der Waals surface area (Å²) >= 11 is 0. The lowest BCUT2D eigenvalue weighted by Crippen LogP contribution is -2.46. The van der Waals surface area contributed by atoms with Crippen molar-refractivity contribution < 1.29 is 14.3 Å². The maximum Gasteiger partial charge on any atom is 0.248 e. The molecule has 0 aliphatic carbocycles. The Kier molecular flexibility index (Phi) is 9.43. The first-order valence-corrected chi connectivity index (χ1v) is 11.7. The number of carbonyl (C=O) groups is 1. The molecule has 2 saturated heterocycles. The van der Waals surface area contributed by atoms with Crippen LogP contribution in [-0.2, 0) is 14.3 Å². The summed E-state index contributed by atoms with van der Waals surface area (Å²) in [5.41, 5.74) is 2.66. The molecule has 0 radical (unpaired) electrons. The lowest BCUT2D eigenvalue weighted by molar-refractivity contribution is -0.135. The molecule has 2 aliphatic heterocycles. The average molecular weight is 418 g/mol. The SMILES string of the molecule is Cc1cccc(N2CCN(CCCCNC(=O)C(C)OCC3CCCCO3)CC2)c1. The molecule has 1 amide bonds. The van der Waals surface area contributed by atoms with Crippen molar-refractivity contribution in [1.82, 2.24) is 10.2 Å². The molecule has 30 heavy (non-hydrogen) atoms. The van der Waals surface area contributed by atoms with Crippen LogP contribution in [0.4, 0.5) is 5.69 Å². The lowest BCUT2D eigenvalue weighted by Gasteiger charge is -2.36. The van der Waals surface area contributed by atoms with E-state index in [-0.39, 0.29) is 12.0 Å². The van der Waals surface area contributed by atoms with Gasteiger partial charge in [-0.25, -0.2) is 0 Å². The molecule has 0 spiro atoms. The van der Waals surface area contributed by atoms with E-state index in [2.05, 4.69) is 46.3 Å². The highest BCUT2D eigenvalue weighted by Crippen LogP contribution is 2.18. The number of hydrogen-bond donors (Lipinski definition) is 1. The van der Waals surface area contributed by atoms with Gasteiger partial charge in [-0.2, -0.15) is 0 Å². The quantitative estimate of drug-likeness (QED) is 0.593. The summed E-state index contributed by atoms with van der Waals surface area (Å²) in [4.78, 5) is 17.2. The molecule has 1 N–H and O–H groups in total. The van der Waals surface area contributed by atoms with E-state index in [0.29, 0.717) is 6.61 Å². The van der Waals surface area contributed by atoms with Crippen LogP contribution in [0.3, 0.4) is 0 Å². The van der Waals surface area contributed by atoms with Gasteiger partial charge in [0.2, 0.25) is 5.91 Å². The number of amides is 1. The predicted molar refractivity (Wildman–Crippen MR) is 121 cm³/mol. The van der Waals surface area contributed by atoms with E-state index in [1.54, 1.807) is 0 Å². The van der Waals surface area contributed by atoms with Gasteiger partial charge in [0.1, 0.15) is 6.10 Å². The molecule has 168 valence electrons. The average Bonchev–Trinajstić information content (AvgIpc) is 2.78. The van der Waals surface area contributed by atoms with Crippen LogP contribution in [0.5, 0.6) is 0 Å². The number of aryl methyl sites for hydroxylation is 1. The van der Waals surface area contributed by atoms with E-state index in [0.717, 1.165) is 71.6 Å². The lowest BCUT2D eigenvalue weighted by atomic mass is 10.1. The van der Waals surface area contributed by atoms with E-state index in [1.165, 1.54) is 17.7 Å². The number of ether oxygens (including phenoxy) is 2. The number of hydrogen-bond acceptors (Lipinski definition) is 5. The van der Waals surface area contributed by atoms with Crippen molar-refractivity contribution in [2.45, 2.75) is 58.2 Å². The molecule has 2 atom stereocenters. The van der Waals surface area contributed by atoms with Gasteiger partial charge < -0.3 is 19.7 Å². The van der Waals surface area contributed by atoms with Gasteiger partial charge in [0, 0.05) is 45.0 Å². The number of nitrogens with one attached hydrogen (secondary N) is 1. The smallest absolute Gasteiger partial charge is 0.248 e. The highest BCUT2D eigenvalue weighted by atomic mass is 16.5. The maximum atomic E-state index is 12.2. The molecule has 2 heterocycles. The number of benzene rings is 1. The Morgan fingerprint density at radius 1 is 1.23 bits per heavy atom. The number of rotatable bonds is 10. The van der Waals surface area contributed by atoms with Gasteiger partial charge in [-0.15, -0.1) is 0 Å². The van der Waals surface area contributed by atoms with Crippen LogP contribution in [0.15, 0.2) is 24.3 Å². The third kappa shape index (κ3) is 7.56. The fourth-order valence-electron chi connectivity index (χ4n) is 4.14. The first kappa shape index (κ1) is 23.0. The van der Waals surface area contributed by atoms with Crippen molar-refractivity contribution in [3.63, 3.8) is 0 Å². The first-order chi connectivity index (χ1) is 14.6. The number of carbonyl (C=O) groups excluding carboxylic acids is 1. The van der Waals surface area contributed by atoms with Gasteiger partial charge in [0.25, 0.3) is 0 Å². The molecule has 1 aromatic rings. The van der Waals surface area contributed by atoms with Crippen LogP contribution >= 0.6 is 0 Å². The van der Waals surface area contributed by atoms with E-state index in [4.69, 9.17) is 9.47 Å². The van der Waals surface area contributed by atoms with Crippen LogP contribution in [0.1, 0.15) is 44.6 Å². The zero-order valence-electron chi connectivity index (χ0n) is 18.8. The van der Waals surface area contributed by atoms with Crippen molar-refractivity contribution in [2.75, 3.05) is 57.4 Å². The second kappa shape index (κ2) is 12.3. The zero-order valence-corrected chi connectivity index (χ0v) is 18.8. The third-order valence-electron chi connectivity index (χ3n) is 6.11. The first-order valence-electron chi connectivity index (χ1n) is 11.7. The summed E-state index contributed by atoms with van der Waals surface area (Å²) in [5, 5.41) is 3.01. The molecular weight excluding hydrogens is 378 g/mol. The Morgan fingerprint density at radius 2 is 2.07 bits per heavy atom. The minimum atomic E-state index is -0.412. The van der Waals surface area contributed by atoms with Gasteiger partial charge >= 0.3 is 0 Å². The Bertz CT molecular complexity index is 640. The molecule has 0 saturated carbocycles. The second-order valence-electron chi connectivity index (χ2n) is 8.63. The molecule has 6 nitrogen and oxygen atoms in total. The van der Waals surface area contributed by atoms with Gasteiger partial charge in [0.05, 0.1) is 12.7 Å². The summed E-state index contributed by atoms with van der Waals surface area (Å²) in [7, 11) is 0. The predicted octanol–water partition coefficient (Wildman–Crippen LogP) is 2.99. The minimum absolute atomic E-state index is 0.0161. The molecule has 0 bridgehead atoms. The van der Waals surface area contributed by atoms with E-state index < -0.39 is 6.10 Å². The van der Waals surface area contributed by atoms with E-state index >= 15 is 0 Å². The Hall–Kier alpha value is -1.63. The highest BCUT2D eigenvalue weighted by Gasteiger charge is 2.19. The summed E-state index contributed by atoms with van der Waals surface area (Å²) in [6.07, 6.45) is 5.21. The van der Waals surface area contributed by atoms with Gasteiger partial charge in [-0.3, -0.25) is 9.69 Å². The van der Waals surface area contributed by atoms with Crippen LogP contribution in [0.2, 0.25) is 0 Å². The van der Waals surface area contributed by atoms with Crippen molar-refractivity contribution in [2.24, 2.45) is 0 Å². The van der Waals surface area contributed by atoms with Crippen LogP contribution in [0.25, 0.3) is 0 Å². The highest BCUT2D eigenvalue weighted by molar-refractivity contribution is 5.80. The second-order valence-corrected chi connectivity index (χ2v) is 8.63. The summed E-state index contributed by atoms with van der Waals surface area (Å²) in [6, 6.07) is 8.76. The summed E-state index contributed by atoms with van der Waals surface area (Å²) in [5.74, 6) is -0.0161. The van der Waals surface area contributed by atoms with Crippen molar-refractivity contribution in [1.29, 1.82) is 0 Å². The standard InChI is InChI=1S/C24H39N3O3/c1-20-8-7-9-22(18-20)27-15-13-26(14-16-27)12-5-4-11-25-24(28)21(2)30-19-23-10-3-6-17-29-23/h7-9,18,21,23H,3-6,10-17,19H2,1-2H3,(H,25,28). The zero-order chi connectivity index (χ0) is 21.2. The Labute approximate surface area is 181 Å². The van der Waals surface area contributed by atoms with Crippen LogP contribution in [-0.4, -0.2) is 75.5 Å². The van der Waals surface area contributed by atoms with Gasteiger partial charge in [0.15, 0.2) is 0 Å². The fourth-order valence-corrected chi connectivity index (χ4v) is 4.14. The largest absolute Gasteiger partial charge is 0.376 e. The van der Waals surface area contributed by atoms with Crippen LogP contribution < -0.4 is 10.2 Å². The normalized spacial score (nSPS) is 21.4. The molecular formula is C24H39N3O3.